The number of ether oxygens (including phenoxy) is 1. The van der Waals surface area contributed by atoms with E-state index >= 15 is 0 Å². The number of carbonyl (C=O) groups excluding carboxylic acids is 2. The molecule has 0 aliphatic carbocycles. The predicted molar refractivity (Wildman–Crippen MR) is 93.8 cm³/mol. The van der Waals surface area contributed by atoms with Gasteiger partial charge in [0.1, 0.15) is 5.60 Å². The molecule has 2 rings (SSSR count). The first-order chi connectivity index (χ1) is 10.7. The first-order valence-corrected chi connectivity index (χ1v) is 8.69. The normalized spacial score (nSPS) is 18.0. The number of nitrogens with zero attached hydrogens (tertiary/aromatic N) is 2. The molecule has 1 atom stereocenters. The quantitative estimate of drug-likeness (QED) is 0.832. The SMILES string of the molecule is Cc1cccc(N(C)C(=O)C2SCCN2C(=O)OC(C)(C)C)c1. The lowest BCUT2D eigenvalue weighted by Gasteiger charge is -2.29. The smallest absolute Gasteiger partial charge is 0.411 e. The van der Waals surface area contributed by atoms with Crippen LogP contribution in [0.5, 0.6) is 0 Å². The fourth-order valence-corrected chi connectivity index (χ4v) is 3.51. The van der Waals surface area contributed by atoms with Crippen LogP contribution in [-0.4, -0.2) is 47.2 Å². The van der Waals surface area contributed by atoms with Crippen LogP contribution >= 0.6 is 11.8 Å². The molecule has 0 aromatic heterocycles. The van der Waals surface area contributed by atoms with Crippen LogP contribution < -0.4 is 4.90 Å². The molecule has 2 amide bonds. The molecule has 1 unspecified atom stereocenters. The lowest BCUT2D eigenvalue weighted by Crippen LogP contribution is -2.47. The molecule has 0 bridgehead atoms. The van der Waals surface area contributed by atoms with Crippen molar-refractivity contribution < 1.29 is 14.3 Å². The number of amides is 2. The zero-order valence-electron chi connectivity index (χ0n) is 14.3. The van der Waals surface area contributed by atoms with Gasteiger partial charge in [-0.15, -0.1) is 11.8 Å². The van der Waals surface area contributed by atoms with Crippen molar-refractivity contribution in [1.82, 2.24) is 4.90 Å². The lowest BCUT2D eigenvalue weighted by molar-refractivity contribution is -0.120. The van der Waals surface area contributed by atoms with E-state index in [0.717, 1.165) is 17.0 Å². The molecule has 0 radical (unpaired) electrons. The van der Waals surface area contributed by atoms with Crippen LogP contribution in [0.1, 0.15) is 26.3 Å². The number of likely N-dealkylation sites (N-methyl/N-ethyl adjacent to an activating group) is 1. The number of hydrogen-bond acceptors (Lipinski definition) is 4. The Kier molecular flexibility index (Phi) is 5.24. The molecule has 1 heterocycles. The zero-order valence-corrected chi connectivity index (χ0v) is 15.1. The van der Waals surface area contributed by atoms with Crippen molar-refractivity contribution >= 4 is 29.4 Å². The van der Waals surface area contributed by atoms with Gasteiger partial charge in [-0.05, 0) is 45.4 Å². The summed E-state index contributed by atoms with van der Waals surface area (Å²) in [6.45, 7) is 7.98. The minimum Gasteiger partial charge on any atom is -0.444 e. The molecule has 1 saturated heterocycles. The van der Waals surface area contributed by atoms with Crippen molar-refractivity contribution in [1.29, 1.82) is 0 Å². The highest BCUT2D eigenvalue weighted by Crippen LogP contribution is 2.28. The standard InChI is InChI=1S/C17H24N2O3S/c1-12-7-6-8-13(11-12)18(5)14(20)15-19(9-10-23-15)16(21)22-17(2,3)4/h6-8,11,15H,9-10H2,1-5H3. The van der Waals surface area contributed by atoms with E-state index < -0.39 is 17.1 Å². The molecule has 0 N–H and O–H groups in total. The average Bonchev–Trinajstić information content (AvgIpc) is 2.93. The lowest BCUT2D eigenvalue weighted by atomic mass is 10.2. The van der Waals surface area contributed by atoms with Crippen LogP contribution in [0.15, 0.2) is 24.3 Å². The van der Waals surface area contributed by atoms with Gasteiger partial charge in [-0.3, -0.25) is 9.69 Å². The first-order valence-electron chi connectivity index (χ1n) is 7.64. The summed E-state index contributed by atoms with van der Waals surface area (Å²) in [7, 11) is 1.74. The molecular weight excluding hydrogens is 312 g/mol. The Balaban J connectivity index is 2.12. The molecular formula is C17H24N2O3S. The van der Waals surface area contributed by atoms with Crippen molar-refractivity contribution in [3.63, 3.8) is 0 Å². The number of aryl methyl sites for hydroxylation is 1. The maximum Gasteiger partial charge on any atom is 0.411 e. The van der Waals surface area contributed by atoms with E-state index in [1.807, 2.05) is 52.0 Å². The second kappa shape index (κ2) is 6.83. The number of anilines is 1. The third kappa shape index (κ3) is 4.41. The highest BCUT2D eigenvalue weighted by Gasteiger charge is 2.38. The molecule has 1 fully saturated rings. The highest BCUT2D eigenvalue weighted by molar-refractivity contribution is 8.00. The molecule has 0 spiro atoms. The van der Waals surface area contributed by atoms with E-state index in [4.69, 9.17) is 4.74 Å². The Bertz CT molecular complexity index is 598. The van der Waals surface area contributed by atoms with Crippen molar-refractivity contribution in [3.05, 3.63) is 29.8 Å². The van der Waals surface area contributed by atoms with Gasteiger partial charge in [0, 0.05) is 25.0 Å². The third-order valence-electron chi connectivity index (χ3n) is 3.45. The topological polar surface area (TPSA) is 49.9 Å². The molecule has 0 saturated carbocycles. The minimum absolute atomic E-state index is 0.107. The maximum atomic E-state index is 12.8. The van der Waals surface area contributed by atoms with Gasteiger partial charge in [-0.25, -0.2) is 4.79 Å². The van der Waals surface area contributed by atoms with E-state index in [1.165, 1.54) is 16.7 Å². The van der Waals surface area contributed by atoms with Crippen molar-refractivity contribution in [3.8, 4) is 0 Å². The second-order valence-corrected chi connectivity index (χ2v) is 7.82. The van der Waals surface area contributed by atoms with Gasteiger partial charge in [-0.2, -0.15) is 0 Å². The summed E-state index contributed by atoms with van der Waals surface area (Å²) in [5, 5.41) is -0.532. The van der Waals surface area contributed by atoms with Gasteiger partial charge in [0.2, 0.25) is 0 Å². The van der Waals surface area contributed by atoms with Gasteiger partial charge in [0.15, 0.2) is 5.37 Å². The summed E-state index contributed by atoms with van der Waals surface area (Å²) in [5.41, 5.74) is 1.34. The highest BCUT2D eigenvalue weighted by atomic mass is 32.2. The number of benzene rings is 1. The summed E-state index contributed by atoms with van der Waals surface area (Å²) < 4.78 is 5.41. The van der Waals surface area contributed by atoms with Gasteiger partial charge in [0.25, 0.3) is 5.91 Å². The summed E-state index contributed by atoms with van der Waals surface area (Å²) >= 11 is 1.47. The Labute approximate surface area is 142 Å². The van der Waals surface area contributed by atoms with Crippen LogP contribution in [0, 0.1) is 6.92 Å². The minimum atomic E-state index is -0.569. The number of hydrogen-bond donors (Lipinski definition) is 0. The predicted octanol–water partition coefficient (Wildman–Crippen LogP) is 3.27. The first kappa shape index (κ1) is 17.7. The summed E-state index contributed by atoms with van der Waals surface area (Å²) in [6, 6.07) is 7.75. The summed E-state index contributed by atoms with van der Waals surface area (Å²) in [4.78, 5) is 28.2. The van der Waals surface area contributed by atoms with Crippen LogP contribution in [0.2, 0.25) is 0 Å². The molecule has 6 heteroatoms. The Hall–Kier alpha value is -1.69. The Morgan fingerprint density at radius 2 is 2.04 bits per heavy atom. The van der Waals surface area contributed by atoms with Gasteiger partial charge in [0.05, 0.1) is 0 Å². The molecule has 5 nitrogen and oxygen atoms in total. The Morgan fingerprint density at radius 1 is 1.35 bits per heavy atom. The third-order valence-corrected chi connectivity index (χ3v) is 4.64. The molecule has 23 heavy (non-hydrogen) atoms. The number of carbonyl (C=O) groups is 2. The second-order valence-electron chi connectivity index (χ2n) is 6.63. The van der Waals surface area contributed by atoms with E-state index in [9.17, 15) is 9.59 Å². The molecule has 1 aromatic carbocycles. The fourth-order valence-electron chi connectivity index (χ4n) is 2.31. The monoisotopic (exact) mass is 336 g/mol. The van der Waals surface area contributed by atoms with Crippen LogP contribution in [0.3, 0.4) is 0 Å². The molecule has 1 aromatic rings. The van der Waals surface area contributed by atoms with E-state index in [2.05, 4.69) is 0 Å². The van der Waals surface area contributed by atoms with E-state index in [0.29, 0.717) is 6.54 Å². The van der Waals surface area contributed by atoms with Crippen LogP contribution in [0.25, 0.3) is 0 Å². The Morgan fingerprint density at radius 3 is 2.65 bits per heavy atom. The van der Waals surface area contributed by atoms with Crippen molar-refractivity contribution in [2.45, 2.75) is 38.7 Å². The average molecular weight is 336 g/mol. The molecule has 1 aliphatic heterocycles. The van der Waals surface area contributed by atoms with E-state index in [-0.39, 0.29) is 5.91 Å². The van der Waals surface area contributed by atoms with Crippen molar-refractivity contribution in [2.24, 2.45) is 0 Å². The maximum absolute atomic E-state index is 12.8. The number of rotatable bonds is 2. The summed E-state index contributed by atoms with van der Waals surface area (Å²) in [5.74, 6) is 0.626. The zero-order chi connectivity index (χ0) is 17.2. The molecule has 1 aliphatic rings. The van der Waals surface area contributed by atoms with Gasteiger partial charge in [-0.1, -0.05) is 12.1 Å². The number of thioether (sulfide) groups is 1. The largest absolute Gasteiger partial charge is 0.444 e. The summed E-state index contributed by atoms with van der Waals surface area (Å²) in [6.07, 6.45) is -0.432. The fraction of sp³-hybridized carbons (Fsp3) is 0.529. The van der Waals surface area contributed by atoms with Gasteiger partial charge >= 0.3 is 6.09 Å². The van der Waals surface area contributed by atoms with Crippen molar-refractivity contribution in [2.75, 3.05) is 24.2 Å². The van der Waals surface area contributed by atoms with E-state index in [1.54, 1.807) is 11.9 Å². The molecule has 126 valence electrons. The van der Waals surface area contributed by atoms with Crippen LogP contribution in [0.4, 0.5) is 10.5 Å². The van der Waals surface area contributed by atoms with Crippen LogP contribution in [-0.2, 0) is 9.53 Å². The van der Waals surface area contributed by atoms with Gasteiger partial charge < -0.3 is 9.64 Å².